The smallest absolute Gasteiger partial charge is 0.230 e. The van der Waals surface area contributed by atoms with E-state index < -0.39 is 0 Å². The van der Waals surface area contributed by atoms with Crippen molar-refractivity contribution in [3.8, 4) is 0 Å². The van der Waals surface area contributed by atoms with Crippen molar-refractivity contribution in [3.63, 3.8) is 0 Å². The predicted octanol–water partition coefficient (Wildman–Crippen LogP) is 3.29. The molecular weight excluding hydrogens is 337 g/mol. The van der Waals surface area contributed by atoms with Crippen LogP contribution in [0.25, 0.3) is 0 Å². The van der Waals surface area contributed by atoms with Crippen molar-refractivity contribution in [1.29, 1.82) is 0 Å². The lowest BCUT2D eigenvalue weighted by atomic mass is 9.94. The molecule has 1 aliphatic carbocycles. The second kappa shape index (κ2) is 5.59. The Morgan fingerprint density at radius 2 is 1.94 bits per heavy atom. The fourth-order valence-corrected chi connectivity index (χ4v) is 3.46. The molecule has 1 aromatic rings. The molecule has 0 aliphatic heterocycles. The van der Waals surface area contributed by atoms with E-state index in [-0.39, 0.29) is 17.4 Å². The van der Waals surface area contributed by atoms with Gasteiger partial charge in [-0.05, 0) is 24.3 Å². The van der Waals surface area contributed by atoms with E-state index in [2.05, 4.69) is 53.9 Å². The SMILES string of the molecule is CC(C)C(CI)NC(=O)C1(c2ccccc2)CC1. The average molecular weight is 357 g/mol. The van der Waals surface area contributed by atoms with Crippen LogP contribution < -0.4 is 5.32 Å². The van der Waals surface area contributed by atoms with Crippen molar-refractivity contribution in [2.24, 2.45) is 5.92 Å². The molecule has 0 radical (unpaired) electrons. The highest BCUT2D eigenvalue weighted by atomic mass is 127. The van der Waals surface area contributed by atoms with Gasteiger partial charge in [0, 0.05) is 10.5 Å². The first kappa shape index (κ1) is 13.8. The summed E-state index contributed by atoms with van der Waals surface area (Å²) in [7, 11) is 0. The van der Waals surface area contributed by atoms with Crippen LogP contribution in [0.2, 0.25) is 0 Å². The van der Waals surface area contributed by atoms with Gasteiger partial charge in [-0.25, -0.2) is 0 Å². The Kier molecular flexibility index (Phi) is 4.30. The van der Waals surface area contributed by atoms with E-state index in [0.29, 0.717) is 5.92 Å². The Morgan fingerprint density at radius 3 is 2.39 bits per heavy atom. The maximum absolute atomic E-state index is 12.5. The monoisotopic (exact) mass is 357 g/mol. The number of alkyl halides is 1. The molecule has 1 atom stereocenters. The van der Waals surface area contributed by atoms with Crippen LogP contribution in [0, 0.1) is 5.92 Å². The van der Waals surface area contributed by atoms with E-state index in [1.165, 1.54) is 5.56 Å². The molecule has 1 N–H and O–H groups in total. The molecule has 1 saturated carbocycles. The van der Waals surface area contributed by atoms with Crippen molar-refractivity contribution in [1.82, 2.24) is 5.32 Å². The fourth-order valence-electron chi connectivity index (χ4n) is 2.22. The molecule has 3 heteroatoms. The average Bonchev–Trinajstić information content (AvgIpc) is 3.18. The summed E-state index contributed by atoms with van der Waals surface area (Å²) < 4.78 is 0.964. The van der Waals surface area contributed by atoms with Crippen LogP contribution in [0.3, 0.4) is 0 Å². The zero-order valence-corrected chi connectivity index (χ0v) is 13.1. The summed E-state index contributed by atoms with van der Waals surface area (Å²) in [4.78, 5) is 12.5. The van der Waals surface area contributed by atoms with Crippen molar-refractivity contribution >= 4 is 28.5 Å². The number of carbonyl (C=O) groups is 1. The first-order valence-electron chi connectivity index (χ1n) is 6.52. The van der Waals surface area contributed by atoms with E-state index in [9.17, 15) is 4.79 Å². The second-order valence-corrected chi connectivity index (χ2v) is 6.31. The molecule has 1 aliphatic rings. The zero-order chi connectivity index (χ0) is 13.2. The molecule has 0 aromatic heterocycles. The van der Waals surface area contributed by atoms with Gasteiger partial charge in [-0.3, -0.25) is 4.79 Å². The Balaban J connectivity index is 2.10. The fraction of sp³-hybridized carbons (Fsp3) is 0.533. The molecular formula is C15H20INO. The van der Waals surface area contributed by atoms with Crippen molar-refractivity contribution in [2.75, 3.05) is 4.43 Å². The highest BCUT2D eigenvalue weighted by Crippen LogP contribution is 2.48. The van der Waals surface area contributed by atoms with Crippen LogP contribution in [0.1, 0.15) is 32.3 Å². The number of amides is 1. The molecule has 0 saturated heterocycles. The number of carbonyl (C=O) groups excluding carboxylic acids is 1. The molecule has 0 heterocycles. The molecule has 1 fully saturated rings. The van der Waals surface area contributed by atoms with Crippen LogP contribution >= 0.6 is 22.6 Å². The molecule has 0 spiro atoms. The van der Waals surface area contributed by atoms with Gasteiger partial charge >= 0.3 is 0 Å². The topological polar surface area (TPSA) is 29.1 Å². The minimum Gasteiger partial charge on any atom is -0.352 e. The minimum absolute atomic E-state index is 0.212. The molecule has 0 bridgehead atoms. The Hall–Kier alpha value is -0.580. The highest BCUT2D eigenvalue weighted by molar-refractivity contribution is 14.1. The van der Waals surface area contributed by atoms with Crippen LogP contribution in [-0.2, 0) is 10.2 Å². The molecule has 1 unspecified atom stereocenters. The first-order valence-corrected chi connectivity index (χ1v) is 8.05. The number of hydrogen-bond donors (Lipinski definition) is 1. The number of hydrogen-bond acceptors (Lipinski definition) is 1. The molecule has 18 heavy (non-hydrogen) atoms. The normalized spacial score (nSPS) is 18.4. The maximum atomic E-state index is 12.5. The van der Waals surface area contributed by atoms with E-state index in [1.54, 1.807) is 0 Å². The zero-order valence-electron chi connectivity index (χ0n) is 10.9. The van der Waals surface area contributed by atoms with Crippen molar-refractivity contribution < 1.29 is 4.79 Å². The van der Waals surface area contributed by atoms with Gasteiger partial charge in [-0.2, -0.15) is 0 Å². The Labute approximate surface area is 123 Å². The van der Waals surface area contributed by atoms with Crippen LogP contribution in [0.4, 0.5) is 0 Å². The predicted molar refractivity (Wildman–Crippen MR) is 83.0 cm³/mol. The summed E-state index contributed by atoms with van der Waals surface area (Å²) >= 11 is 2.35. The number of nitrogens with one attached hydrogen (secondary N) is 1. The summed E-state index contributed by atoms with van der Waals surface area (Å²) in [5.74, 6) is 0.696. The standard InChI is InChI=1S/C15H20INO/c1-11(2)13(10-16)17-14(18)15(8-9-15)12-6-4-3-5-7-12/h3-7,11,13H,8-10H2,1-2H3,(H,17,18). The second-order valence-electron chi connectivity index (χ2n) is 5.43. The third kappa shape index (κ3) is 2.71. The van der Waals surface area contributed by atoms with Gasteiger partial charge in [-0.1, -0.05) is 66.8 Å². The van der Waals surface area contributed by atoms with Gasteiger partial charge in [0.1, 0.15) is 0 Å². The van der Waals surface area contributed by atoms with Crippen molar-refractivity contribution in [3.05, 3.63) is 35.9 Å². The van der Waals surface area contributed by atoms with E-state index in [1.807, 2.05) is 18.2 Å². The molecule has 1 amide bonds. The van der Waals surface area contributed by atoms with Gasteiger partial charge in [0.15, 0.2) is 0 Å². The van der Waals surface area contributed by atoms with Crippen LogP contribution in [0.5, 0.6) is 0 Å². The molecule has 2 rings (SSSR count). The van der Waals surface area contributed by atoms with E-state index >= 15 is 0 Å². The van der Waals surface area contributed by atoms with E-state index in [4.69, 9.17) is 0 Å². The van der Waals surface area contributed by atoms with Gasteiger partial charge < -0.3 is 5.32 Å². The lowest BCUT2D eigenvalue weighted by molar-refractivity contribution is -0.124. The lowest BCUT2D eigenvalue weighted by Crippen LogP contribution is -2.44. The number of halogens is 1. The summed E-state index contributed by atoms with van der Waals surface area (Å²) in [6, 6.07) is 10.4. The van der Waals surface area contributed by atoms with Crippen LogP contribution in [0.15, 0.2) is 30.3 Å². The molecule has 98 valence electrons. The highest BCUT2D eigenvalue weighted by Gasteiger charge is 2.51. The third-order valence-corrected chi connectivity index (χ3v) is 4.75. The van der Waals surface area contributed by atoms with E-state index in [0.717, 1.165) is 17.3 Å². The third-order valence-electron chi connectivity index (χ3n) is 3.80. The lowest BCUT2D eigenvalue weighted by Gasteiger charge is -2.24. The summed E-state index contributed by atoms with van der Waals surface area (Å²) in [5.41, 5.74) is 0.929. The maximum Gasteiger partial charge on any atom is 0.230 e. The van der Waals surface area contributed by atoms with Gasteiger partial charge in [0.2, 0.25) is 5.91 Å². The summed E-state index contributed by atoms with van der Waals surface area (Å²) in [5, 5.41) is 3.22. The van der Waals surface area contributed by atoms with Gasteiger partial charge in [0.25, 0.3) is 0 Å². The first-order chi connectivity index (χ1) is 8.60. The Bertz CT molecular complexity index is 412. The van der Waals surface area contributed by atoms with Crippen LogP contribution in [-0.4, -0.2) is 16.4 Å². The van der Waals surface area contributed by atoms with Crippen molar-refractivity contribution in [2.45, 2.75) is 38.1 Å². The number of rotatable bonds is 5. The molecule has 1 aromatic carbocycles. The largest absolute Gasteiger partial charge is 0.352 e. The number of benzene rings is 1. The summed E-state index contributed by atoms with van der Waals surface area (Å²) in [6.07, 6.45) is 1.96. The Morgan fingerprint density at radius 1 is 1.33 bits per heavy atom. The quantitative estimate of drug-likeness (QED) is 0.636. The van der Waals surface area contributed by atoms with Gasteiger partial charge in [0.05, 0.1) is 5.41 Å². The summed E-state index contributed by atoms with van der Waals surface area (Å²) in [6.45, 7) is 4.32. The molecule has 2 nitrogen and oxygen atoms in total. The minimum atomic E-state index is -0.236. The van der Waals surface area contributed by atoms with Gasteiger partial charge in [-0.15, -0.1) is 0 Å².